The van der Waals surface area contributed by atoms with E-state index in [0.29, 0.717) is 17.4 Å². The second-order valence-corrected chi connectivity index (χ2v) is 3.42. The number of hydrogen-bond donors (Lipinski definition) is 1. The molecule has 0 aromatic carbocycles. The lowest BCUT2D eigenvalue weighted by Crippen LogP contribution is -2.01. The van der Waals surface area contributed by atoms with E-state index in [1.54, 1.807) is 16.7 Å². The molecule has 0 radical (unpaired) electrons. The zero-order valence-corrected chi connectivity index (χ0v) is 8.58. The normalized spacial score (nSPS) is 11.1. The van der Waals surface area contributed by atoms with Crippen LogP contribution in [0.2, 0.25) is 0 Å². The van der Waals surface area contributed by atoms with Crippen molar-refractivity contribution in [1.29, 1.82) is 0 Å². The third-order valence-corrected chi connectivity index (χ3v) is 2.36. The van der Waals surface area contributed by atoms with Crippen LogP contribution >= 0.6 is 0 Å². The number of nitrogens with zero attached hydrogens (tertiary/aromatic N) is 4. The van der Waals surface area contributed by atoms with Crippen molar-refractivity contribution in [3.8, 4) is 11.5 Å². The van der Waals surface area contributed by atoms with Crippen molar-refractivity contribution in [3.63, 3.8) is 0 Å². The van der Waals surface area contributed by atoms with E-state index in [1.807, 2.05) is 19.1 Å². The van der Waals surface area contributed by atoms with Gasteiger partial charge in [-0.3, -0.25) is 0 Å². The van der Waals surface area contributed by atoms with E-state index in [0.717, 1.165) is 11.5 Å². The fraction of sp³-hybridized carbons (Fsp3) is 0.100. The largest absolute Gasteiger partial charge is 0.463 e. The van der Waals surface area contributed by atoms with Crippen LogP contribution in [-0.4, -0.2) is 19.6 Å². The van der Waals surface area contributed by atoms with Crippen LogP contribution in [0.3, 0.4) is 0 Å². The van der Waals surface area contributed by atoms with E-state index >= 15 is 0 Å². The minimum Gasteiger partial charge on any atom is -0.463 e. The van der Waals surface area contributed by atoms with Gasteiger partial charge in [-0.1, -0.05) is 0 Å². The number of hydrogen-bond acceptors (Lipinski definition) is 5. The minimum atomic E-state index is 0.339. The number of aryl methyl sites for hydroxylation is 1. The Kier molecular flexibility index (Phi) is 1.70. The molecule has 0 atom stereocenters. The molecule has 6 nitrogen and oxygen atoms in total. The quantitative estimate of drug-likeness (QED) is 0.661. The lowest BCUT2D eigenvalue weighted by molar-refractivity contribution is 0.579. The molecule has 2 N–H and O–H groups in total. The predicted molar refractivity (Wildman–Crippen MR) is 57.6 cm³/mol. The lowest BCUT2D eigenvalue weighted by Gasteiger charge is -2.02. The topological polar surface area (TPSA) is 82.2 Å². The van der Waals surface area contributed by atoms with Gasteiger partial charge in [0.2, 0.25) is 5.95 Å². The standard InChI is InChI=1S/C10H9N5O/c1-6-12-7(8-3-2-4-16-8)5-9-13-14-10(11)15(6)9/h2-5H,1H3,(H2,11,14). The highest BCUT2D eigenvalue weighted by atomic mass is 16.3. The lowest BCUT2D eigenvalue weighted by atomic mass is 10.3. The highest BCUT2D eigenvalue weighted by molar-refractivity contribution is 5.59. The SMILES string of the molecule is Cc1nc(-c2ccco2)cc2nnc(N)n12. The van der Waals surface area contributed by atoms with Crippen LogP contribution in [0.15, 0.2) is 28.9 Å². The molecule has 3 rings (SSSR count). The molecule has 0 aliphatic carbocycles. The Morgan fingerprint density at radius 3 is 3.00 bits per heavy atom. The van der Waals surface area contributed by atoms with E-state index in [2.05, 4.69) is 15.2 Å². The van der Waals surface area contributed by atoms with Gasteiger partial charge in [-0.2, -0.15) is 0 Å². The molecular weight excluding hydrogens is 206 g/mol. The Morgan fingerprint density at radius 2 is 2.25 bits per heavy atom. The van der Waals surface area contributed by atoms with Gasteiger partial charge in [0.05, 0.1) is 6.26 Å². The van der Waals surface area contributed by atoms with Crippen LogP contribution in [0.25, 0.3) is 17.1 Å². The molecule has 6 heteroatoms. The zero-order valence-electron chi connectivity index (χ0n) is 8.58. The minimum absolute atomic E-state index is 0.339. The molecule has 0 amide bonds. The number of rotatable bonds is 1. The molecule has 0 spiro atoms. The van der Waals surface area contributed by atoms with Gasteiger partial charge in [-0.25, -0.2) is 9.38 Å². The van der Waals surface area contributed by atoms with E-state index in [-0.39, 0.29) is 0 Å². The Bertz CT molecular complexity index is 641. The second-order valence-electron chi connectivity index (χ2n) is 3.42. The van der Waals surface area contributed by atoms with Crippen LogP contribution in [0.4, 0.5) is 5.95 Å². The Labute approximate surface area is 90.7 Å². The van der Waals surface area contributed by atoms with E-state index in [4.69, 9.17) is 10.2 Å². The van der Waals surface area contributed by atoms with Crippen molar-refractivity contribution in [1.82, 2.24) is 19.6 Å². The molecule has 0 aliphatic heterocycles. The summed E-state index contributed by atoms with van der Waals surface area (Å²) in [4.78, 5) is 4.39. The molecule has 80 valence electrons. The van der Waals surface area contributed by atoms with Gasteiger partial charge < -0.3 is 10.2 Å². The highest BCUT2D eigenvalue weighted by Crippen LogP contribution is 2.20. The molecule has 3 heterocycles. The van der Waals surface area contributed by atoms with Crippen LogP contribution in [0.1, 0.15) is 5.82 Å². The van der Waals surface area contributed by atoms with Crippen molar-refractivity contribution < 1.29 is 4.42 Å². The van der Waals surface area contributed by atoms with Gasteiger partial charge in [0.15, 0.2) is 11.4 Å². The zero-order chi connectivity index (χ0) is 11.1. The summed E-state index contributed by atoms with van der Waals surface area (Å²) in [5.74, 6) is 1.77. The number of nitrogen functional groups attached to an aromatic ring is 1. The molecule has 0 bridgehead atoms. The first kappa shape index (κ1) is 8.90. The average Bonchev–Trinajstić information content (AvgIpc) is 2.87. The summed E-state index contributed by atoms with van der Waals surface area (Å²) < 4.78 is 6.97. The Hall–Kier alpha value is -2.37. The monoisotopic (exact) mass is 215 g/mol. The summed E-state index contributed by atoms with van der Waals surface area (Å²) in [6.07, 6.45) is 1.61. The molecule has 0 unspecified atom stereocenters. The summed E-state index contributed by atoms with van der Waals surface area (Å²) >= 11 is 0. The number of nitrogens with two attached hydrogens (primary N) is 1. The summed E-state index contributed by atoms with van der Waals surface area (Å²) in [5, 5.41) is 7.76. The Morgan fingerprint density at radius 1 is 1.38 bits per heavy atom. The number of anilines is 1. The maximum absolute atomic E-state index is 5.67. The first-order chi connectivity index (χ1) is 7.75. The molecule has 0 saturated heterocycles. The maximum Gasteiger partial charge on any atom is 0.227 e. The van der Waals surface area contributed by atoms with Crippen LogP contribution in [-0.2, 0) is 0 Å². The predicted octanol–water partition coefficient (Wildman–Crippen LogP) is 1.27. The fourth-order valence-electron chi connectivity index (χ4n) is 1.66. The van der Waals surface area contributed by atoms with Crippen LogP contribution in [0, 0.1) is 6.92 Å². The van der Waals surface area contributed by atoms with E-state index in [1.165, 1.54) is 0 Å². The molecular formula is C10H9N5O. The fourth-order valence-corrected chi connectivity index (χ4v) is 1.66. The molecule has 0 saturated carbocycles. The highest BCUT2D eigenvalue weighted by Gasteiger charge is 2.10. The second kappa shape index (κ2) is 3.06. The van der Waals surface area contributed by atoms with E-state index < -0.39 is 0 Å². The average molecular weight is 215 g/mol. The third kappa shape index (κ3) is 1.16. The summed E-state index contributed by atoms with van der Waals surface area (Å²) in [6, 6.07) is 5.45. The van der Waals surface area contributed by atoms with Gasteiger partial charge in [0.25, 0.3) is 0 Å². The maximum atomic E-state index is 5.67. The summed E-state index contributed by atoms with van der Waals surface area (Å²) in [6.45, 7) is 1.85. The van der Waals surface area contributed by atoms with Crippen molar-refractivity contribution in [2.75, 3.05) is 5.73 Å². The van der Waals surface area contributed by atoms with Crippen molar-refractivity contribution in [2.24, 2.45) is 0 Å². The van der Waals surface area contributed by atoms with Crippen molar-refractivity contribution in [2.45, 2.75) is 6.92 Å². The van der Waals surface area contributed by atoms with E-state index in [9.17, 15) is 0 Å². The summed E-state index contributed by atoms with van der Waals surface area (Å²) in [7, 11) is 0. The van der Waals surface area contributed by atoms with Crippen LogP contribution in [0.5, 0.6) is 0 Å². The third-order valence-electron chi connectivity index (χ3n) is 2.36. The van der Waals surface area contributed by atoms with Gasteiger partial charge >= 0.3 is 0 Å². The molecule has 0 fully saturated rings. The number of fused-ring (bicyclic) bond motifs is 1. The van der Waals surface area contributed by atoms with Gasteiger partial charge in [0.1, 0.15) is 11.5 Å². The van der Waals surface area contributed by atoms with Crippen LogP contribution < -0.4 is 5.73 Å². The van der Waals surface area contributed by atoms with Crippen molar-refractivity contribution >= 4 is 11.6 Å². The molecule has 16 heavy (non-hydrogen) atoms. The smallest absolute Gasteiger partial charge is 0.227 e. The molecule has 3 aromatic heterocycles. The van der Waals surface area contributed by atoms with Gasteiger partial charge in [-0.05, 0) is 19.1 Å². The van der Waals surface area contributed by atoms with Gasteiger partial charge in [0, 0.05) is 6.07 Å². The van der Waals surface area contributed by atoms with Gasteiger partial charge in [-0.15, -0.1) is 10.2 Å². The first-order valence-electron chi connectivity index (χ1n) is 4.78. The molecule has 3 aromatic rings. The first-order valence-corrected chi connectivity index (χ1v) is 4.78. The molecule has 0 aliphatic rings. The van der Waals surface area contributed by atoms with Crippen molar-refractivity contribution in [3.05, 3.63) is 30.3 Å². The summed E-state index contributed by atoms with van der Waals surface area (Å²) in [5.41, 5.74) is 7.06. The number of aromatic nitrogens is 4. The number of furan rings is 1. The Balaban J connectivity index is 2.30.